The Kier molecular flexibility index (Phi) is 2.46. The Hall–Kier alpha value is -0.610. The van der Waals surface area contributed by atoms with Crippen molar-refractivity contribution in [2.45, 2.75) is 0 Å². The van der Waals surface area contributed by atoms with E-state index in [4.69, 9.17) is 16.6 Å². The molecule has 0 amide bonds. The van der Waals surface area contributed by atoms with E-state index in [2.05, 4.69) is 4.98 Å². The lowest BCUT2D eigenvalue weighted by molar-refractivity contribution is 0.583. The summed E-state index contributed by atoms with van der Waals surface area (Å²) in [5.74, 6) is 0. The molecule has 1 heterocycles. The van der Waals surface area contributed by atoms with Gasteiger partial charge in [0.25, 0.3) is 4.84 Å². The van der Waals surface area contributed by atoms with Gasteiger partial charge in [-0.1, -0.05) is 12.1 Å². The van der Waals surface area contributed by atoms with Crippen molar-refractivity contribution in [3.05, 3.63) is 29.1 Å². The van der Waals surface area contributed by atoms with E-state index in [-0.39, 0.29) is 17.0 Å². The van der Waals surface area contributed by atoms with Gasteiger partial charge in [-0.25, -0.2) is 0 Å². The molecule has 2 nitrogen and oxygen atoms in total. The number of hydrogen-bond donors (Lipinski definition) is 1. The molecule has 2 rings (SSSR count). The van der Waals surface area contributed by atoms with Crippen LogP contribution in [0.1, 0.15) is 0 Å². The van der Waals surface area contributed by atoms with Crippen LogP contribution < -0.4 is 0 Å². The maximum absolute atomic E-state index is 5.13. The van der Waals surface area contributed by atoms with Crippen LogP contribution in [-0.2, 0) is 0 Å². The summed E-state index contributed by atoms with van der Waals surface area (Å²) >= 11 is 4.79. The maximum Gasteiger partial charge on any atom is 0.266 e. The number of oxazole rings is 1. The fraction of sp³-hybridized carbons (Fsp3) is 0. The third-order valence-corrected chi connectivity index (χ3v) is 1.51. The lowest BCUT2D eigenvalue weighted by Crippen LogP contribution is -1.62. The van der Waals surface area contributed by atoms with Crippen LogP contribution in [0.3, 0.4) is 0 Å². The lowest BCUT2D eigenvalue weighted by atomic mass is 10.3. The molecule has 1 aromatic heterocycles. The largest absolute Gasteiger partial charge is 0.429 e. The molecule has 0 spiro atoms. The molecule has 1 aromatic carbocycles. The van der Waals surface area contributed by atoms with Gasteiger partial charge in [0.1, 0.15) is 0 Å². The van der Waals surface area contributed by atoms with Crippen LogP contribution >= 0.6 is 29.2 Å². The highest BCUT2D eigenvalue weighted by Gasteiger charge is 1.93. The molecule has 0 saturated carbocycles. The van der Waals surface area contributed by atoms with Crippen molar-refractivity contribution in [1.29, 1.82) is 0 Å². The van der Waals surface area contributed by atoms with Gasteiger partial charge in [-0.05, 0) is 24.4 Å². The van der Waals surface area contributed by atoms with E-state index < -0.39 is 0 Å². The van der Waals surface area contributed by atoms with Crippen LogP contribution in [0.25, 0.3) is 11.1 Å². The van der Waals surface area contributed by atoms with Gasteiger partial charge >= 0.3 is 0 Å². The summed E-state index contributed by atoms with van der Waals surface area (Å²) in [5.41, 5.74) is 1.76. The van der Waals surface area contributed by atoms with E-state index in [1.807, 2.05) is 24.3 Å². The van der Waals surface area contributed by atoms with E-state index >= 15 is 0 Å². The summed E-state index contributed by atoms with van der Waals surface area (Å²) in [7, 11) is 0. The normalized spacial score (nSPS) is 9.45. The standard InChI is InChI=1S/C7H5NOS.BrH/c10-7-8-5-3-1-2-4-6(5)9-7;/h1-4H,(H,8,10);1H. The van der Waals surface area contributed by atoms with Gasteiger partial charge in [0.05, 0.1) is 5.52 Å². The molecule has 0 aliphatic carbocycles. The smallest absolute Gasteiger partial charge is 0.266 e. The molecule has 0 saturated heterocycles. The Bertz CT molecular complexity index is 370. The Balaban J connectivity index is 0.000000605. The molecule has 0 atom stereocenters. The summed E-state index contributed by atoms with van der Waals surface area (Å²) in [6, 6.07) is 7.65. The van der Waals surface area contributed by atoms with Crippen LogP contribution in [0.4, 0.5) is 0 Å². The number of benzene rings is 1. The molecular weight excluding hydrogens is 226 g/mol. The summed E-state index contributed by atoms with van der Waals surface area (Å²) < 4.78 is 5.13. The Labute approximate surface area is 79.0 Å². The first-order valence-corrected chi connectivity index (χ1v) is 3.35. The SMILES string of the molecule is Br.S=c1[nH]c2ccccc2o1. The summed E-state index contributed by atoms with van der Waals surface area (Å²) in [5, 5.41) is 0. The minimum absolute atomic E-state index is 0. The fourth-order valence-electron chi connectivity index (χ4n) is 0.894. The van der Waals surface area contributed by atoms with Crippen molar-refractivity contribution in [3.8, 4) is 0 Å². The van der Waals surface area contributed by atoms with Gasteiger partial charge < -0.3 is 9.40 Å². The molecule has 1 N–H and O–H groups in total. The average molecular weight is 232 g/mol. The van der Waals surface area contributed by atoms with Crippen LogP contribution in [0.15, 0.2) is 28.7 Å². The van der Waals surface area contributed by atoms with E-state index in [1.54, 1.807) is 0 Å². The van der Waals surface area contributed by atoms with Gasteiger partial charge in [0.15, 0.2) is 5.58 Å². The van der Waals surface area contributed by atoms with Crippen molar-refractivity contribution in [2.24, 2.45) is 0 Å². The van der Waals surface area contributed by atoms with Crippen LogP contribution in [0.5, 0.6) is 0 Å². The zero-order valence-corrected chi connectivity index (χ0v) is 8.06. The van der Waals surface area contributed by atoms with Crippen molar-refractivity contribution in [3.63, 3.8) is 0 Å². The zero-order valence-electron chi connectivity index (χ0n) is 5.53. The first-order chi connectivity index (χ1) is 4.86. The third-order valence-electron chi connectivity index (χ3n) is 1.33. The second-order valence-corrected chi connectivity index (χ2v) is 2.38. The number of hydrogen-bond acceptors (Lipinski definition) is 2. The monoisotopic (exact) mass is 231 g/mol. The van der Waals surface area contributed by atoms with Crippen molar-refractivity contribution in [1.82, 2.24) is 4.98 Å². The number of halogens is 1. The molecule has 2 aromatic rings. The minimum Gasteiger partial charge on any atom is -0.429 e. The summed E-state index contributed by atoms with van der Waals surface area (Å²) in [6.07, 6.45) is 0. The van der Waals surface area contributed by atoms with E-state index in [0.717, 1.165) is 11.1 Å². The molecule has 0 fully saturated rings. The topological polar surface area (TPSA) is 28.9 Å². The molecule has 0 radical (unpaired) electrons. The molecule has 0 bridgehead atoms. The number of aromatic nitrogens is 1. The van der Waals surface area contributed by atoms with Crippen LogP contribution in [0.2, 0.25) is 0 Å². The van der Waals surface area contributed by atoms with E-state index in [9.17, 15) is 0 Å². The van der Waals surface area contributed by atoms with Crippen LogP contribution in [-0.4, -0.2) is 4.98 Å². The van der Waals surface area contributed by atoms with E-state index in [0.29, 0.717) is 4.84 Å². The van der Waals surface area contributed by atoms with Crippen molar-refractivity contribution < 1.29 is 4.42 Å². The molecule has 58 valence electrons. The Morgan fingerprint density at radius 1 is 1.27 bits per heavy atom. The number of H-pyrrole nitrogens is 1. The minimum atomic E-state index is 0. The zero-order chi connectivity index (χ0) is 6.97. The maximum atomic E-state index is 5.13. The highest BCUT2D eigenvalue weighted by Crippen LogP contribution is 2.10. The second-order valence-electron chi connectivity index (χ2n) is 2.01. The molecule has 0 unspecified atom stereocenters. The molecule has 0 aliphatic heterocycles. The average Bonchev–Trinajstić information content (AvgIpc) is 2.27. The number of nitrogens with one attached hydrogen (secondary N) is 1. The van der Waals surface area contributed by atoms with Gasteiger partial charge in [0, 0.05) is 0 Å². The quantitative estimate of drug-likeness (QED) is 0.707. The number of para-hydroxylation sites is 2. The fourth-order valence-corrected chi connectivity index (χ4v) is 1.09. The Morgan fingerprint density at radius 2 is 2.00 bits per heavy atom. The highest BCUT2D eigenvalue weighted by atomic mass is 79.9. The van der Waals surface area contributed by atoms with Gasteiger partial charge in [-0.3, -0.25) is 0 Å². The Morgan fingerprint density at radius 3 is 2.73 bits per heavy atom. The predicted molar refractivity (Wildman–Crippen MR) is 51.7 cm³/mol. The first kappa shape index (κ1) is 8.49. The number of rotatable bonds is 0. The van der Waals surface area contributed by atoms with Gasteiger partial charge in [0.2, 0.25) is 0 Å². The first-order valence-electron chi connectivity index (χ1n) is 2.94. The predicted octanol–water partition coefficient (Wildman–Crippen LogP) is 3.07. The van der Waals surface area contributed by atoms with E-state index in [1.165, 1.54) is 0 Å². The number of aromatic amines is 1. The van der Waals surface area contributed by atoms with Gasteiger partial charge in [-0.2, -0.15) is 0 Å². The molecule has 11 heavy (non-hydrogen) atoms. The third kappa shape index (κ3) is 1.52. The molecule has 4 heteroatoms. The van der Waals surface area contributed by atoms with Crippen molar-refractivity contribution in [2.75, 3.05) is 0 Å². The lowest BCUT2D eigenvalue weighted by Gasteiger charge is -1.80. The number of fused-ring (bicyclic) bond motifs is 1. The summed E-state index contributed by atoms with van der Waals surface area (Å²) in [4.78, 5) is 3.34. The summed E-state index contributed by atoms with van der Waals surface area (Å²) in [6.45, 7) is 0. The van der Waals surface area contributed by atoms with Gasteiger partial charge in [-0.15, -0.1) is 17.0 Å². The highest BCUT2D eigenvalue weighted by molar-refractivity contribution is 8.93. The van der Waals surface area contributed by atoms with Crippen LogP contribution in [0, 0.1) is 4.84 Å². The van der Waals surface area contributed by atoms with Crippen molar-refractivity contribution >= 4 is 40.3 Å². The molecule has 0 aliphatic rings. The molecular formula is C7H6BrNOS. The second kappa shape index (κ2) is 3.19.